The Morgan fingerprint density at radius 1 is 1.13 bits per heavy atom. The molecule has 1 rings (SSSR count). The van der Waals surface area contributed by atoms with Crippen LogP contribution in [0.4, 0.5) is 0 Å². The van der Waals surface area contributed by atoms with Crippen molar-refractivity contribution in [3.63, 3.8) is 0 Å². The highest BCUT2D eigenvalue weighted by Gasteiger charge is 2.08. The van der Waals surface area contributed by atoms with Crippen LogP contribution in [0, 0.1) is 5.92 Å². The molecule has 2 heteroatoms. The van der Waals surface area contributed by atoms with Gasteiger partial charge in [-0.1, -0.05) is 44.2 Å². The molecule has 1 aromatic rings. The number of hydrogen-bond donors (Lipinski definition) is 1. The Kier molecular flexibility index (Phi) is 5.81. The standard InChI is InChI=1S/C13H21NS/c1-11(2)9-15-10-13(14-3)12-7-5-4-6-8-12/h4-8,11,13-14H,9-10H2,1-3H3. The first-order valence-electron chi connectivity index (χ1n) is 5.54. The minimum Gasteiger partial charge on any atom is -0.312 e. The molecule has 0 saturated carbocycles. The lowest BCUT2D eigenvalue weighted by Crippen LogP contribution is -2.19. The van der Waals surface area contributed by atoms with E-state index < -0.39 is 0 Å². The summed E-state index contributed by atoms with van der Waals surface area (Å²) in [6.07, 6.45) is 0. The highest BCUT2D eigenvalue weighted by atomic mass is 32.2. The normalized spacial score (nSPS) is 13.1. The van der Waals surface area contributed by atoms with Crippen molar-refractivity contribution in [1.29, 1.82) is 0 Å². The van der Waals surface area contributed by atoms with Crippen molar-refractivity contribution in [2.75, 3.05) is 18.6 Å². The van der Waals surface area contributed by atoms with Gasteiger partial charge >= 0.3 is 0 Å². The fourth-order valence-corrected chi connectivity index (χ4v) is 2.66. The van der Waals surface area contributed by atoms with E-state index in [9.17, 15) is 0 Å². The molecule has 1 aromatic carbocycles. The zero-order valence-electron chi connectivity index (χ0n) is 9.86. The quantitative estimate of drug-likeness (QED) is 0.794. The fourth-order valence-electron chi connectivity index (χ4n) is 1.45. The van der Waals surface area contributed by atoms with Crippen LogP contribution in [0.15, 0.2) is 30.3 Å². The summed E-state index contributed by atoms with van der Waals surface area (Å²) < 4.78 is 0. The van der Waals surface area contributed by atoms with Crippen molar-refractivity contribution in [3.8, 4) is 0 Å². The van der Waals surface area contributed by atoms with E-state index in [1.807, 2.05) is 18.8 Å². The van der Waals surface area contributed by atoms with Crippen molar-refractivity contribution < 1.29 is 0 Å². The molecule has 0 aliphatic rings. The van der Waals surface area contributed by atoms with Crippen LogP contribution in [-0.2, 0) is 0 Å². The highest BCUT2D eigenvalue weighted by Crippen LogP contribution is 2.19. The fraction of sp³-hybridized carbons (Fsp3) is 0.538. The van der Waals surface area contributed by atoms with Crippen LogP contribution < -0.4 is 5.32 Å². The summed E-state index contributed by atoms with van der Waals surface area (Å²) in [5, 5.41) is 3.37. The van der Waals surface area contributed by atoms with Crippen molar-refractivity contribution >= 4 is 11.8 Å². The first kappa shape index (κ1) is 12.6. The number of hydrogen-bond acceptors (Lipinski definition) is 2. The second kappa shape index (κ2) is 6.91. The van der Waals surface area contributed by atoms with Gasteiger partial charge in [-0.15, -0.1) is 0 Å². The molecule has 1 unspecified atom stereocenters. The summed E-state index contributed by atoms with van der Waals surface area (Å²) in [5.41, 5.74) is 1.39. The van der Waals surface area contributed by atoms with Crippen LogP contribution in [0.1, 0.15) is 25.5 Å². The molecule has 0 aliphatic carbocycles. The van der Waals surface area contributed by atoms with Gasteiger partial charge in [-0.2, -0.15) is 11.8 Å². The molecule has 0 heterocycles. The molecule has 15 heavy (non-hydrogen) atoms. The van der Waals surface area contributed by atoms with Gasteiger partial charge in [0.05, 0.1) is 0 Å². The Morgan fingerprint density at radius 3 is 2.33 bits per heavy atom. The third kappa shape index (κ3) is 4.72. The topological polar surface area (TPSA) is 12.0 Å². The van der Waals surface area contributed by atoms with Gasteiger partial charge in [-0.05, 0) is 24.3 Å². The van der Waals surface area contributed by atoms with Gasteiger partial charge in [0.1, 0.15) is 0 Å². The third-order valence-corrected chi connectivity index (χ3v) is 3.76. The van der Waals surface area contributed by atoms with Crippen molar-refractivity contribution in [2.24, 2.45) is 5.92 Å². The van der Waals surface area contributed by atoms with E-state index in [2.05, 4.69) is 49.5 Å². The molecule has 1 nitrogen and oxygen atoms in total. The SMILES string of the molecule is CNC(CSCC(C)C)c1ccccc1. The minimum absolute atomic E-state index is 0.481. The molecule has 1 atom stereocenters. The summed E-state index contributed by atoms with van der Waals surface area (Å²) in [5.74, 6) is 3.17. The molecule has 0 radical (unpaired) electrons. The molecule has 0 fully saturated rings. The summed E-state index contributed by atoms with van der Waals surface area (Å²) in [4.78, 5) is 0. The zero-order valence-corrected chi connectivity index (χ0v) is 10.7. The maximum absolute atomic E-state index is 3.37. The predicted molar refractivity (Wildman–Crippen MR) is 70.4 cm³/mol. The average molecular weight is 223 g/mol. The first-order chi connectivity index (χ1) is 7.24. The lowest BCUT2D eigenvalue weighted by molar-refractivity contribution is 0.659. The minimum atomic E-state index is 0.481. The van der Waals surface area contributed by atoms with E-state index in [0.29, 0.717) is 6.04 Å². The average Bonchev–Trinajstić information content (AvgIpc) is 2.25. The summed E-state index contributed by atoms with van der Waals surface area (Å²) in [6.45, 7) is 4.54. The summed E-state index contributed by atoms with van der Waals surface area (Å²) >= 11 is 2.03. The predicted octanol–water partition coefficient (Wildman–Crippen LogP) is 3.34. The maximum Gasteiger partial charge on any atom is 0.0409 e. The molecule has 0 spiro atoms. The first-order valence-corrected chi connectivity index (χ1v) is 6.69. The Morgan fingerprint density at radius 2 is 1.80 bits per heavy atom. The van der Waals surface area contributed by atoms with E-state index in [0.717, 1.165) is 11.7 Å². The Hall–Kier alpha value is -0.470. The smallest absolute Gasteiger partial charge is 0.0409 e. The molecular weight excluding hydrogens is 202 g/mol. The zero-order chi connectivity index (χ0) is 11.1. The number of benzene rings is 1. The van der Waals surface area contributed by atoms with Gasteiger partial charge in [0.25, 0.3) is 0 Å². The molecule has 0 amide bonds. The Bertz CT molecular complexity index is 258. The van der Waals surface area contributed by atoms with Crippen LogP contribution >= 0.6 is 11.8 Å². The molecule has 1 N–H and O–H groups in total. The number of rotatable bonds is 6. The Labute approximate surface area is 97.7 Å². The number of thioether (sulfide) groups is 1. The molecule has 0 saturated heterocycles. The van der Waals surface area contributed by atoms with Crippen molar-refractivity contribution in [1.82, 2.24) is 5.32 Å². The van der Waals surface area contributed by atoms with Gasteiger partial charge < -0.3 is 5.32 Å². The van der Waals surface area contributed by atoms with Crippen molar-refractivity contribution in [3.05, 3.63) is 35.9 Å². The van der Waals surface area contributed by atoms with E-state index in [1.165, 1.54) is 11.3 Å². The van der Waals surface area contributed by atoms with Crippen LogP contribution in [-0.4, -0.2) is 18.6 Å². The lowest BCUT2D eigenvalue weighted by Gasteiger charge is -2.16. The molecule has 0 aliphatic heterocycles. The van der Waals surface area contributed by atoms with E-state index in [4.69, 9.17) is 0 Å². The molecule has 0 aromatic heterocycles. The van der Waals surface area contributed by atoms with Gasteiger partial charge in [0, 0.05) is 11.8 Å². The molecular formula is C13H21NS. The van der Waals surface area contributed by atoms with Crippen LogP contribution in [0.25, 0.3) is 0 Å². The lowest BCUT2D eigenvalue weighted by atomic mass is 10.1. The number of nitrogens with one attached hydrogen (secondary N) is 1. The van der Waals surface area contributed by atoms with Crippen molar-refractivity contribution in [2.45, 2.75) is 19.9 Å². The largest absolute Gasteiger partial charge is 0.312 e. The highest BCUT2D eigenvalue weighted by molar-refractivity contribution is 7.99. The van der Waals surface area contributed by atoms with Crippen LogP contribution in [0.5, 0.6) is 0 Å². The van der Waals surface area contributed by atoms with Gasteiger partial charge in [-0.3, -0.25) is 0 Å². The van der Waals surface area contributed by atoms with Gasteiger partial charge in [0.15, 0.2) is 0 Å². The van der Waals surface area contributed by atoms with Gasteiger partial charge in [-0.25, -0.2) is 0 Å². The summed E-state index contributed by atoms with van der Waals surface area (Å²) in [6, 6.07) is 11.1. The Balaban J connectivity index is 2.43. The third-order valence-electron chi connectivity index (χ3n) is 2.29. The monoisotopic (exact) mass is 223 g/mol. The second-order valence-corrected chi connectivity index (χ2v) is 5.26. The summed E-state index contributed by atoms with van der Waals surface area (Å²) in [7, 11) is 2.04. The van der Waals surface area contributed by atoms with Crippen LogP contribution in [0.3, 0.4) is 0 Å². The molecule has 84 valence electrons. The maximum atomic E-state index is 3.37. The van der Waals surface area contributed by atoms with E-state index in [1.54, 1.807) is 0 Å². The van der Waals surface area contributed by atoms with E-state index >= 15 is 0 Å². The van der Waals surface area contributed by atoms with Crippen LogP contribution in [0.2, 0.25) is 0 Å². The van der Waals surface area contributed by atoms with E-state index in [-0.39, 0.29) is 0 Å². The van der Waals surface area contributed by atoms with Gasteiger partial charge in [0.2, 0.25) is 0 Å². The second-order valence-electron chi connectivity index (χ2n) is 4.18. The molecule has 0 bridgehead atoms.